The first-order valence-electron chi connectivity index (χ1n) is 11.1. The van der Waals surface area contributed by atoms with E-state index in [1.807, 2.05) is 18.2 Å². The number of hydrogen-bond donors (Lipinski definition) is 2. The number of piperidine rings is 1. The van der Waals surface area contributed by atoms with Crippen molar-refractivity contribution in [3.8, 4) is 0 Å². The molecule has 1 spiro atoms. The smallest absolute Gasteiger partial charge is 0.322 e. The molecule has 2 N–H and O–H groups in total. The molecule has 2 saturated heterocycles. The van der Waals surface area contributed by atoms with E-state index in [0.717, 1.165) is 55.7 Å². The van der Waals surface area contributed by atoms with Crippen molar-refractivity contribution in [3.05, 3.63) is 29.3 Å². The number of amides is 4. The van der Waals surface area contributed by atoms with Gasteiger partial charge in [-0.2, -0.15) is 5.01 Å². The summed E-state index contributed by atoms with van der Waals surface area (Å²) in [6.07, 6.45) is 6.07. The van der Waals surface area contributed by atoms with Crippen molar-refractivity contribution in [2.75, 3.05) is 19.6 Å². The Morgan fingerprint density at radius 2 is 1.90 bits per heavy atom. The van der Waals surface area contributed by atoms with Gasteiger partial charge in [-0.3, -0.25) is 19.9 Å². The van der Waals surface area contributed by atoms with E-state index < -0.39 is 11.6 Å². The van der Waals surface area contributed by atoms with E-state index in [0.29, 0.717) is 18.8 Å². The van der Waals surface area contributed by atoms with Gasteiger partial charge in [-0.15, -0.1) is 11.3 Å². The topological polar surface area (TPSA) is 94.6 Å². The van der Waals surface area contributed by atoms with E-state index >= 15 is 0 Å². The third kappa shape index (κ3) is 3.92. The van der Waals surface area contributed by atoms with Crippen LogP contribution in [0.15, 0.2) is 24.3 Å². The van der Waals surface area contributed by atoms with Gasteiger partial charge in [-0.05, 0) is 50.9 Å². The molecule has 3 fully saturated rings. The second kappa shape index (κ2) is 8.20. The number of benzene rings is 1. The van der Waals surface area contributed by atoms with Crippen LogP contribution in [0.5, 0.6) is 0 Å². The van der Waals surface area contributed by atoms with Gasteiger partial charge >= 0.3 is 6.03 Å². The highest BCUT2D eigenvalue weighted by atomic mass is 32.1. The predicted molar refractivity (Wildman–Crippen MR) is 117 cm³/mol. The molecular formula is C22H27N5O3S. The number of hydrazine groups is 1. The number of fused-ring (bicyclic) bond motifs is 1. The summed E-state index contributed by atoms with van der Waals surface area (Å²) in [5.74, 6) is -0.233. The number of hydrogen-bond acceptors (Lipinski definition) is 6. The van der Waals surface area contributed by atoms with Crippen molar-refractivity contribution in [2.24, 2.45) is 0 Å². The van der Waals surface area contributed by atoms with Crippen molar-refractivity contribution >= 4 is 39.4 Å². The minimum atomic E-state index is -0.821. The predicted octanol–water partition coefficient (Wildman–Crippen LogP) is 2.76. The molecule has 8 nitrogen and oxygen atoms in total. The second-order valence-electron chi connectivity index (χ2n) is 8.82. The van der Waals surface area contributed by atoms with Crippen molar-refractivity contribution in [1.29, 1.82) is 0 Å². The number of carbonyl (C=O) groups is 3. The highest BCUT2D eigenvalue weighted by Gasteiger charge is 2.52. The molecule has 0 bridgehead atoms. The van der Waals surface area contributed by atoms with E-state index in [2.05, 4.69) is 21.7 Å². The zero-order chi connectivity index (χ0) is 21.4. The summed E-state index contributed by atoms with van der Waals surface area (Å²) in [5.41, 5.74) is 2.77. The van der Waals surface area contributed by atoms with Gasteiger partial charge in [0.1, 0.15) is 5.54 Å². The van der Waals surface area contributed by atoms with Gasteiger partial charge in [0, 0.05) is 5.92 Å². The zero-order valence-corrected chi connectivity index (χ0v) is 18.2. The van der Waals surface area contributed by atoms with Crippen LogP contribution in [0.2, 0.25) is 0 Å². The van der Waals surface area contributed by atoms with Crippen molar-refractivity contribution in [1.82, 2.24) is 25.6 Å². The Morgan fingerprint density at radius 1 is 1.16 bits per heavy atom. The van der Waals surface area contributed by atoms with Crippen molar-refractivity contribution in [2.45, 2.75) is 56.4 Å². The van der Waals surface area contributed by atoms with E-state index in [9.17, 15) is 14.4 Å². The van der Waals surface area contributed by atoms with Crippen LogP contribution >= 0.6 is 11.3 Å². The summed E-state index contributed by atoms with van der Waals surface area (Å²) in [7, 11) is 0. The highest BCUT2D eigenvalue weighted by Crippen LogP contribution is 2.34. The van der Waals surface area contributed by atoms with Crippen LogP contribution in [0.3, 0.4) is 0 Å². The summed E-state index contributed by atoms with van der Waals surface area (Å²) in [4.78, 5) is 44.5. The molecule has 3 heterocycles. The van der Waals surface area contributed by atoms with Gasteiger partial charge < -0.3 is 5.32 Å². The Balaban J connectivity index is 1.14. The average Bonchev–Trinajstić information content (AvgIpc) is 3.30. The lowest BCUT2D eigenvalue weighted by molar-refractivity contribution is -0.140. The molecule has 0 radical (unpaired) electrons. The molecule has 31 heavy (non-hydrogen) atoms. The molecule has 4 amide bonds. The Labute approximate surface area is 185 Å². The van der Waals surface area contributed by atoms with Gasteiger partial charge in [-0.1, -0.05) is 31.4 Å². The molecule has 3 aliphatic rings. The Hall–Kier alpha value is -2.52. The fourth-order valence-corrected chi connectivity index (χ4v) is 6.12. The first-order valence-corrected chi connectivity index (χ1v) is 11.9. The first-order chi connectivity index (χ1) is 15.0. The maximum atomic E-state index is 12.8. The van der Waals surface area contributed by atoms with Gasteiger partial charge in [-0.25, -0.2) is 9.78 Å². The van der Waals surface area contributed by atoms with Crippen LogP contribution in [0, 0.1) is 0 Å². The lowest BCUT2D eigenvalue weighted by Gasteiger charge is -2.31. The number of nitrogens with one attached hydrogen (secondary N) is 2. The quantitative estimate of drug-likeness (QED) is 0.712. The maximum absolute atomic E-state index is 12.8. The van der Waals surface area contributed by atoms with Crippen LogP contribution in [-0.4, -0.2) is 57.9 Å². The molecule has 5 rings (SSSR count). The zero-order valence-electron chi connectivity index (χ0n) is 17.4. The van der Waals surface area contributed by atoms with Gasteiger partial charge in [0.2, 0.25) is 0 Å². The number of thiazole rings is 1. The van der Waals surface area contributed by atoms with Gasteiger partial charge in [0.25, 0.3) is 11.8 Å². The minimum Gasteiger partial charge on any atom is -0.322 e. The molecule has 0 atom stereocenters. The monoisotopic (exact) mass is 441 g/mol. The third-order valence-corrected chi connectivity index (χ3v) is 7.92. The molecule has 9 heteroatoms. The van der Waals surface area contributed by atoms with E-state index in [1.165, 1.54) is 9.71 Å². The van der Waals surface area contributed by atoms with Gasteiger partial charge in [0.05, 0.1) is 21.8 Å². The molecule has 164 valence electrons. The standard InChI is InChI=1S/C22H27N5O3S/c28-18(25-27-20(29)22(24-21(27)30)10-4-1-5-11-22)14-26-12-8-15(9-13-26)19-23-16-6-2-3-7-17(16)31-19/h2-3,6-7,15H,1,4-5,8-14H2,(H,24,30)(H,25,28). The van der Waals surface area contributed by atoms with Crippen LogP contribution in [0.25, 0.3) is 10.2 Å². The van der Waals surface area contributed by atoms with Gasteiger partial charge in [0.15, 0.2) is 0 Å². The number of likely N-dealkylation sites (tertiary alicyclic amines) is 1. The molecule has 1 aromatic carbocycles. The molecule has 1 aliphatic carbocycles. The number of para-hydroxylation sites is 1. The van der Waals surface area contributed by atoms with E-state index in [1.54, 1.807) is 11.3 Å². The normalized spacial score (nSPS) is 22.3. The third-order valence-electron chi connectivity index (χ3n) is 6.72. The number of urea groups is 1. The molecule has 2 aromatic rings. The molecule has 0 unspecified atom stereocenters. The van der Waals surface area contributed by atoms with Crippen LogP contribution < -0.4 is 10.7 Å². The maximum Gasteiger partial charge on any atom is 0.344 e. The number of imide groups is 1. The SMILES string of the molecule is O=C(CN1CCC(c2nc3ccccc3s2)CC1)NN1C(=O)NC2(CCCCC2)C1=O. The second-order valence-corrected chi connectivity index (χ2v) is 9.88. The largest absolute Gasteiger partial charge is 0.344 e. The average molecular weight is 442 g/mol. The lowest BCUT2D eigenvalue weighted by Crippen LogP contribution is -2.52. The summed E-state index contributed by atoms with van der Waals surface area (Å²) >= 11 is 1.75. The Bertz CT molecular complexity index is 974. The molecule has 1 saturated carbocycles. The van der Waals surface area contributed by atoms with Crippen LogP contribution in [0.4, 0.5) is 4.79 Å². The molecule has 2 aliphatic heterocycles. The minimum absolute atomic E-state index is 0.177. The lowest BCUT2D eigenvalue weighted by atomic mass is 9.82. The number of carbonyl (C=O) groups excluding carboxylic acids is 3. The summed E-state index contributed by atoms with van der Waals surface area (Å²) in [5, 5.41) is 4.88. The summed E-state index contributed by atoms with van der Waals surface area (Å²) in [6, 6.07) is 7.67. The van der Waals surface area contributed by atoms with Crippen LogP contribution in [0.1, 0.15) is 55.9 Å². The fourth-order valence-electron chi connectivity index (χ4n) is 4.98. The Kier molecular flexibility index (Phi) is 5.39. The summed E-state index contributed by atoms with van der Waals surface area (Å²) < 4.78 is 1.21. The summed E-state index contributed by atoms with van der Waals surface area (Å²) in [6.45, 7) is 1.76. The number of rotatable bonds is 4. The highest BCUT2D eigenvalue weighted by molar-refractivity contribution is 7.18. The van der Waals surface area contributed by atoms with E-state index in [-0.39, 0.29) is 18.4 Å². The first kappa shape index (κ1) is 20.4. The van der Waals surface area contributed by atoms with Crippen molar-refractivity contribution in [3.63, 3.8) is 0 Å². The van der Waals surface area contributed by atoms with Crippen LogP contribution in [-0.2, 0) is 9.59 Å². The number of aromatic nitrogens is 1. The fraction of sp³-hybridized carbons (Fsp3) is 0.545. The number of nitrogens with zero attached hydrogens (tertiary/aromatic N) is 3. The van der Waals surface area contributed by atoms with E-state index in [4.69, 9.17) is 4.98 Å². The molecular weight excluding hydrogens is 414 g/mol. The molecule has 1 aromatic heterocycles. The Morgan fingerprint density at radius 3 is 2.65 bits per heavy atom. The van der Waals surface area contributed by atoms with Crippen molar-refractivity contribution < 1.29 is 14.4 Å².